The van der Waals surface area contributed by atoms with Crippen LogP contribution in [0.3, 0.4) is 0 Å². The highest BCUT2D eigenvalue weighted by molar-refractivity contribution is 4.89. The van der Waals surface area contributed by atoms with Crippen LogP contribution in [0, 0.1) is 17.8 Å². The minimum Gasteiger partial charge on any atom is -0.330 e. The second-order valence-electron chi connectivity index (χ2n) is 5.14. The van der Waals surface area contributed by atoms with Gasteiger partial charge in [0.1, 0.15) is 0 Å². The zero-order valence-electron chi connectivity index (χ0n) is 9.34. The van der Waals surface area contributed by atoms with E-state index in [1.165, 1.54) is 19.3 Å². The van der Waals surface area contributed by atoms with Gasteiger partial charge in [0.15, 0.2) is 0 Å². The first kappa shape index (κ1) is 12.2. The highest BCUT2D eigenvalue weighted by Crippen LogP contribution is 2.38. The smallest absolute Gasteiger partial charge is 0.330 e. The van der Waals surface area contributed by atoms with E-state index in [0.717, 1.165) is 13.1 Å². The maximum atomic E-state index is 12.6. The third-order valence-corrected chi connectivity index (χ3v) is 4.03. The molecular formula is C11H19F3N2. The van der Waals surface area contributed by atoms with Crippen LogP contribution in [0.2, 0.25) is 0 Å². The number of nitrogens with two attached hydrogens (primary N) is 1. The van der Waals surface area contributed by atoms with Gasteiger partial charge in [-0.3, -0.25) is 0 Å². The van der Waals surface area contributed by atoms with Crippen LogP contribution in [0.15, 0.2) is 0 Å². The molecule has 5 heteroatoms. The van der Waals surface area contributed by atoms with Gasteiger partial charge < -0.3 is 10.6 Å². The zero-order valence-corrected chi connectivity index (χ0v) is 9.34. The summed E-state index contributed by atoms with van der Waals surface area (Å²) in [5, 5.41) is 0. The molecule has 1 heterocycles. The summed E-state index contributed by atoms with van der Waals surface area (Å²) in [6, 6.07) is 0. The number of likely N-dealkylation sites (tertiary alicyclic amines) is 1. The van der Waals surface area contributed by atoms with Gasteiger partial charge in [-0.15, -0.1) is 0 Å². The molecule has 3 unspecified atom stereocenters. The largest absolute Gasteiger partial charge is 0.394 e. The molecule has 2 fully saturated rings. The second kappa shape index (κ2) is 4.53. The third kappa shape index (κ3) is 2.51. The van der Waals surface area contributed by atoms with E-state index in [9.17, 15) is 13.2 Å². The van der Waals surface area contributed by atoms with Gasteiger partial charge in [0.25, 0.3) is 0 Å². The lowest BCUT2D eigenvalue weighted by atomic mass is 10.0. The molecule has 2 nitrogen and oxygen atoms in total. The van der Waals surface area contributed by atoms with Crippen LogP contribution in [-0.2, 0) is 0 Å². The van der Waals surface area contributed by atoms with Crippen LogP contribution in [0.25, 0.3) is 0 Å². The van der Waals surface area contributed by atoms with Gasteiger partial charge in [0, 0.05) is 26.2 Å². The Kier molecular flexibility index (Phi) is 3.45. The molecule has 1 aliphatic heterocycles. The Labute approximate surface area is 94.0 Å². The van der Waals surface area contributed by atoms with Crippen molar-refractivity contribution in [1.29, 1.82) is 0 Å². The van der Waals surface area contributed by atoms with E-state index in [0.29, 0.717) is 11.8 Å². The molecule has 0 aromatic carbocycles. The molecular weight excluding hydrogens is 217 g/mol. The highest BCUT2D eigenvalue weighted by Gasteiger charge is 2.42. The number of hydrogen-bond acceptors (Lipinski definition) is 2. The molecule has 0 aromatic heterocycles. The Bertz CT molecular complexity index is 230. The number of nitrogens with zero attached hydrogens (tertiary/aromatic N) is 1. The van der Waals surface area contributed by atoms with Crippen molar-refractivity contribution >= 4 is 0 Å². The summed E-state index contributed by atoms with van der Waals surface area (Å²) in [6.45, 7) is 1.48. The van der Waals surface area contributed by atoms with Gasteiger partial charge in [-0.1, -0.05) is 6.42 Å². The molecule has 2 rings (SSSR count). The molecule has 2 aliphatic rings. The summed E-state index contributed by atoms with van der Waals surface area (Å²) < 4.78 is 37.7. The molecule has 1 aliphatic carbocycles. The van der Waals surface area contributed by atoms with Gasteiger partial charge in [-0.2, -0.15) is 13.2 Å². The molecule has 0 spiro atoms. The van der Waals surface area contributed by atoms with E-state index in [2.05, 4.69) is 0 Å². The number of hydrogen-bond donors (Lipinski definition) is 1. The van der Waals surface area contributed by atoms with Crippen LogP contribution < -0.4 is 5.73 Å². The lowest BCUT2D eigenvalue weighted by Gasteiger charge is -2.25. The van der Waals surface area contributed by atoms with E-state index in [1.807, 2.05) is 4.90 Å². The standard InChI is InChI=1S/C11H19F3N2/c12-11(13,14)10(4-15)7-16-5-8-2-1-3-9(8)6-16/h8-10H,1-7,15H2. The predicted octanol–water partition coefficient (Wildman–Crippen LogP) is 1.86. The molecule has 0 bridgehead atoms. The average molecular weight is 236 g/mol. The van der Waals surface area contributed by atoms with E-state index in [-0.39, 0.29) is 13.1 Å². The van der Waals surface area contributed by atoms with Crippen molar-refractivity contribution in [2.45, 2.75) is 25.4 Å². The number of fused-ring (bicyclic) bond motifs is 1. The molecule has 0 amide bonds. The lowest BCUT2D eigenvalue weighted by Crippen LogP contribution is -2.40. The van der Waals surface area contributed by atoms with Gasteiger partial charge >= 0.3 is 6.18 Å². The summed E-state index contributed by atoms with van der Waals surface area (Å²) in [5.74, 6) is -0.0651. The normalized spacial score (nSPS) is 33.0. The molecule has 0 radical (unpaired) electrons. The Hall–Kier alpha value is -0.290. The topological polar surface area (TPSA) is 29.3 Å². The minimum absolute atomic E-state index is 0.0903. The Morgan fingerprint density at radius 3 is 2.19 bits per heavy atom. The minimum atomic E-state index is -4.15. The SMILES string of the molecule is NCC(CN1CC2CCCC2C1)C(F)(F)F. The summed E-state index contributed by atoms with van der Waals surface area (Å²) in [6.07, 6.45) is -0.504. The fourth-order valence-corrected chi connectivity index (χ4v) is 3.10. The fourth-order valence-electron chi connectivity index (χ4n) is 3.10. The molecule has 1 saturated carbocycles. The van der Waals surface area contributed by atoms with Crippen molar-refractivity contribution in [1.82, 2.24) is 4.90 Å². The maximum absolute atomic E-state index is 12.6. The Morgan fingerprint density at radius 1 is 1.19 bits per heavy atom. The summed E-state index contributed by atoms with van der Waals surface area (Å²) in [7, 11) is 0. The van der Waals surface area contributed by atoms with E-state index >= 15 is 0 Å². The summed E-state index contributed by atoms with van der Waals surface area (Å²) in [4.78, 5) is 1.96. The monoisotopic (exact) mass is 236 g/mol. The first-order valence-corrected chi connectivity index (χ1v) is 6.00. The third-order valence-electron chi connectivity index (χ3n) is 4.03. The quantitative estimate of drug-likeness (QED) is 0.810. The van der Waals surface area contributed by atoms with Crippen molar-refractivity contribution in [2.24, 2.45) is 23.5 Å². The Balaban J connectivity index is 1.86. The maximum Gasteiger partial charge on any atom is 0.394 e. The second-order valence-corrected chi connectivity index (χ2v) is 5.14. The molecule has 2 N–H and O–H groups in total. The van der Waals surface area contributed by atoms with Crippen LogP contribution in [0.1, 0.15) is 19.3 Å². The first-order chi connectivity index (χ1) is 7.50. The first-order valence-electron chi connectivity index (χ1n) is 6.00. The Morgan fingerprint density at radius 2 is 1.75 bits per heavy atom. The molecule has 94 valence electrons. The zero-order chi connectivity index (χ0) is 11.8. The highest BCUT2D eigenvalue weighted by atomic mass is 19.4. The summed E-state index contributed by atoms with van der Waals surface area (Å²) >= 11 is 0. The molecule has 0 aromatic rings. The van der Waals surface area contributed by atoms with E-state index < -0.39 is 12.1 Å². The van der Waals surface area contributed by atoms with Gasteiger partial charge in [0.2, 0.25) is 0 Å². The molecule has 16 heavy (non-hydrogen) atoms. The van der Waals surface area contributed by atoms with Crippen LogP contribution in [-0.4, -0.2) is 37.3 Å². The summed E-state index contributed by atoms with van der Waals surface area (Å²) in [5.41, 5.74) is 5.21. The fraction of sp³-hybridized carbons (Fsp3) is 1.00. The average Bonchev–Trinajstić information content (AvgIpc) is 2.71. The van der Waals surface area contributed by atoms with Crippen LogP contribution >= 0.6 is 0 Å². The number of alkyl halides is 3. The van der Waals surface area contributed by atoms with Crippen molar-refractivity contribution in [2.75, 3.05) is 26.2 Å². The van der Waals surface area contributed by atoms with Crippen LogP contribution in [0.5, 0.6) is 0 Å². The van der Waals surface area contributed by atoms with Gasteiger partial charge in [-0.05, 0) is 24.7 Å². The number of rotatable bonds is 3. The van der Waals surface area contributed by atoms with Crippen molar-refractivity contribution in [3.63, 3.8) is 0 Å². The van der Waals surface area contributed by atoms with E-state index in [1.54, 1.807) is 0 Å². The number of halogens is 3. The van der Waals surface area contributed by atoms with Crippen LogP contribution in [0.4, 0.5) is 13.2 Å². The van der Waals surface area contributed by atoms with E-state index in [4.69, 9.17) is 5.73 Å². The van der Waals surface area contributed by atoms with Gasteiger partial charge in [0.05, 0.1) is 5.92 Å². The predicted molar refractivity (Wildman–Crippen MR) is 55.9 cm³/mol. The molecule has 3 atom stereocenters. The molecule has 1 saturated heterocycles. The van der Waals surface area contributed by atoms with Crippen molar-refractivity contribution < 1.29 is 13.2 Å². The van der Waals surface area contributed by atoms with Crippen molar-refractivity contribution in [3.8, 4) is 0 Å². The van der Waals surface area contributed by atoms with Gasteiger partial charge in [-0.25, -0.2) is 0 Å². The lowest BCUT2D eigenvalue weighted by molar-refractivity contribution is -0.175. The van der Waals surface area contributed by atoms with Crippen molar-refractivity contribution in [3.05, 3.63) is 0 Å².